The van der Waals surface area contributed by atoms with Gasteiger partial charge in [0.1, 0.15) is 0 Å². The van der Waals surface area contributed by atoms with E-state index < -0.39 is 0 Å². The van der Waals surface area contributed by atoms with E-state index in [2.05, 4.69) is 41.2 Å². The van der Waals surface area contributed by atoms with E-state index in [1.165, 1.54) is 30.3 Å². The Labute approximate surface area is 95.9 Å². The Morgan fingerprint density at radius 2 is 2.25 bits per heavy atom. The lowest BCUT2D eigenvalue weighted by Gasteiger charge is -2.19. The quantitative estimate of drug-likeness (QED) is 0.722. The zero-order chi connectivity index (χ0) is 11.0. The monoisotopic (exact) mass is 212 g/mol. The number of nitrogens with zero attached hydrogens (tertiary/aromatic N) is 2. The van der Waals surface area contributed by atoms with E-state index in [1.807, 2.05) is 12.3 Å². The minimum atomic E-state index is 0.601. The number of benzene rings is 1. The molecule has 1 fully saturated rings. The average Bonchev–Trinajstić information content (AvgIpc) is 2.75. The van der Waals surface area contributed by atoms with Gasteiger partial charge in [-0.2, -0.15) is 0 Å². The van der Waals surface area contributed by atoms with Crippen LogP contribution >= 0.6 is 0 Å². The Kier molecular flexibility index (Phi) is 2.37. The minimum absolute atomic E-state index is 0.601. The van der Waals surface area contributed by atoms with Gasteiger partial charge >= 0.3 is 0 Å². The smallest absolute Gasteiger partial charge is 0.0702 e. The number of fused-ring (bicyclic) bond motifs is 1. The summed E-state index contributed by atoms with van der Waals surface area (Å²) in [5.41, 5.74) is 2.52. The summed E-state index contributed by atoms with van der Waals surface area (Å²) in [6.07, 6.45) is 4.44. The first-order chi connectivity index (χ1) is 7.84. The summed E-state index contributed by atoms with van der Waals surface area (Å²) in [7, 11) is 2.21. The molecule has 1 aliphatic heterocycles. The molecule has 1 atom stereocenters. The summed E-state index contributed by atoms with van der Waals surface area (Å²) in [6, 6.07) is 11.4. The maximum absolute atomic E-state index is 4.35. The Bertz CT molecular complexity index is 507. The standard InChI is InChI=1S/C14H16N2/c1-16-9-3-5-14(16)12-6-7-13-11(10-12)4-2-8-15-13/h2,4,6-8,10,14H,3,5,9H2,1H3/t14-/m0/s1. The highest BCUT2D eigenvalue weighted by Gasteiger charge is 2.22. The molecule has 16 heavy (non-hydrogen) atoms. The molecule has 1 saturated heterocycles. The van der Waals surface area contributed by atoms with Crippen LogP contribution in [0, 0.1) is 0 Å². The fourth-order valence-electron chi connectivity index (χ4n) is 2.63. The predicted molar refractivity (Wildman–Crippen MR) is 66.3 cm³/mol. The maximum Gasteiger partial charge on any atom is 0.0702 e. The van der Waals surface area contributed by atoms with Gasteiger partial charge in [-0.25, -0.2) is 0 Å². The number of pyridine rings is 1. The van der Waals surface area contributed by atoms with Gasteiger partial charge < -0.3 is 0 Å². The van der Waals surface area contributed by atoms with Crippen molar-refractivity contribution in [1.29, 1.82) is 0 Å². The molecule has 2 heterocycles. The van der Waals surface area contributed by atoms with Crippen LogP contribution in [0.15, 0.2) is 36.5 Å². The van der Waals surface area contributed by atoms with E-state index in [-0.39, 0.29) is 0 Å². The van der Waals surface area contributed by atoms with Gasteiger partial charge in [0.25, 0.3) is 0 Å². The van der Waals surface area contributed by atoms with Gasteiger partial charge in [0.05, 0.1) is 5.52 Å². The number of hydrogen-bond acceptors (Lipinski definition) is 2. The molecule has 2 heteroatoms. The van der Waals surface area contributed by atoms with Crippen LogP contribution in [0.1, 0.15) is 24.4 Å². The van der Waals surface area contributed by atoms with Crippen LogP contribution in [0.25, 0.3) is 10.9 Å². The predicted octanol–water partition coefficient (Wildman–Crippen LogP) is 3.00. The molecule has 2 aromatic rings. The Morgan fingerprint density at radius 1 is 1.31 bits per heavy atom. The van der Waals surface area contributed by atoms with Crippen molar-refractivity contribution in [2.24, 2.45) is 0 Å². The first-order valence-corrected chi connectivity index (χ1v) is 5.89. The topological polar surface area (TPSA) is 16.1 Å². The highest BCUT2D eigenvalue weighted by molar-refractivity contribution is 5.79. The maximum atomic E-state index is 4.35. The van der Waals surface area contributed by atoms with Gasteiger partial charge in [-0.1, -0.05) is 12.1 Å². The van der Waals surface area contributed by atoms with Gasteiger partial charge in [0.15, 0.2) is 0 Å². The second-order valence-corrected chi connectivity index (χ2v) is 4.59. The fourth-order valence-corrected chi connectivity index (χ4v) is 2.63. The molecule has 1 aliphatic rings. The van der Waals surface area contributed by atoms with E-state index in [0.717, 1.165) is 5.52 Å². The number of hydrogen-bond donors (Lipinski definition) is 0. The molecule has 3 rings (SSSR count). The van der Waals surface area contributed by atoms with Gasteiger partial charge in [-0.05, 0) is 50.2 Å². The molecule has 0 aliphatic carbocycles. The molecular weight excluding hydrogens is 196 g/mol. The second-order valence-electron chi connectivity index (χ2n) is 4.59. The molecule has 0 radical (unpaired) electrons. The Hall–Kier alpha value is -1.41. The van der Waals surface area contributed by atoms with E-state index >= 15 is 0 Å². The first-order valence-electron chi connectivity index (χ1n) is 5.89. The summed E-state index contributed by atoms with van der Waals surface area (Å²) in [4.78, 5) is 6.80. The molecule has 0 spiro atoms. The van der Waals surface area contributed by atoms with E-state index in [1.54, 1.807) is 0 Å². The summed E-state index contributed by atoms with van der Waals surface area (Å²) in [5, 5.41) is 1.25. The van der Waals surface area contributed by atoms with Crippen LogP contribution in [0.3, 0.4) is 0 Å². The van der Waals surface area contributed by atoms with Crippen molar-refractivity contribution in [1.82, 2.24) is 9.88 Å². The zero-order valence-corrected chi connectivity index (χ0v) is 9.56. The van der Waals surface area contributed by atoms with Gasteiger partial charge in [-0.3, -0.25) is 9.88 Å². The third-order valence-corrected chi connectivity index (χ3v) is 3.53. The van der Waals surface area contributed by atoms with Crippen LogP contribution in [0.2, 0.25) is 0 Å². The van der Waals surface area contributed by atoms with Crippen LogP contribution in [-0.2, 0) is 0 Å². The zero-order valence-electron chi connectivity index (χ0n) is 9.56. The average molecular weight is 212 g/mol. The molecule has 82 valence electrons. The lowest BCUT2D eigenvalue weighted by atomic mass is 10.0. The van der Waals surface area contributed by atoms with Crippen molar-refractivity contribution in [3.63, 3.8) is 0 Å². The van der Waals surface area contributed by atoms with Gasteiger partial charge in [0, 0.05) is 17.6 Å². The largest absolute Gasteiger partial charge is 0.299 e. The summed E-state index contributed by atoms with van der Waals surface area (Å²) in [6.45, 7) is 1.22. The summed E-state index contributed by atoms with van der Waals surface area (Å²) >= 11 is 0. The van der Waals surface area contributed by atoms with Crippen molar-refractivity contribution in [2.45, 2.75) is 18.9 Å². The first kappa shape index (κ1) is 9.79. The van der Waals surface area contributed by atoms with Crippen LogP contribution in [0.5, 0.6) is 0 Å². The van der Waals surface area contributed by atoms with Crippen LogP contribution in [0.4, 0.5) is 0 Å². The van der Waals surface area contributed by atoms with Crippen molar-refractivity contribution < 1.29 is 0 Å². The van der Waals surface area contributed by atoms with Gasteiger partial charge in [-0.15, -0.1) is 0 Å². The molecular formula is C14H16N2. The van der Waals surface area contributed by atoms with Crippen molar-refractivity contribution in [2.75, 3.05) is 13.6 Å². The van der Waals surface area contributed by atoms with Crippen molar-refractivity contribution >= 4 is 10.9 Å². The van der Waals surface area contributed by atoms with Crippen molar-refractivity contribution in [3.8, 4) is 0 Å². The lowest BCUT2D eigenvalue weighted by molar-refractivity contribution is 0.317. The van der Waals surface area contributed by atoms with Crippen LogP contribution < -0.4 is 0 Å². The van der Waals surface area contributed by atoms with E-state index in [0.29, 0.717) is 6.04 Å². The van der Waals surface area contributed by atoms with Crippen molar-refractivity contribution in [3.05, 3.63) is 42.1 Å². The molecule has 0 bridgehead atoms. The molecule has 0 N–H and O–H groups in total. The molecule has 0 unspecified atom stereocenters. The lowest BCUT2D eigenvalue weighted by Crippen LogP contribution is -2.17. The highest BCUT2D eigenvalue weighted by Crippen LogP contribution is 2.31. The molecule has 0 saturated carbocycles. The Balaban J connectivity index is 2.04. The second kappa shape index (κ2) is 3.87. The normalized spacial score (nSPS) is 21.7. The van der Waals surface area contributed by atoms with E-state index in [4.69, 9.17) is 0 Å². The van der Waals surface area contributed by atoms with Crippen LogP contribution in [-0.4, -0.2) is 23.5 Å². The summed E-state index contributed by atoms with van der Waals surface area (Å²) < 4.78 is 0. The third-order valence-electron chi connectivity index (χ3n) is 3.53. The van der Waals surface area contributed by atoms with Gasteiger partial charge in [0.2, 0.25) is 0 Å². The highest BCUT2D eigenvalue weighted by atomic mass is 15.1. The molecule has 0 amide bonds. The summed E-state index contributed by atoms with van der Waals surface area (Å²) in [5.74, 6) is 0. The molecule has 2 nitrogen and oxygen atoms in total. The number of aromatic nitrogens is 1. The number of likely N-dealkylation sites (tertiary alicyclic amines) is 1. The fraction of sp³-hybridized carbons (Fsp3) is 0.357. The minimum Gasteiger partial charge on any atom is -0.299 e. The SMILES string of the molecule is CN1CCC[C@H]1c1ccc2ncccc2c1. The Morgan fingerprint density at radius 3 is 3.06 bits per heavy atom. The van der Waals surface area contributed by atoms with E-state index in [9.17, 15) is 0 Å². The number of rotatable bonds is 1. The third kappa shape index (κ3) is 1.59. The molecule has 1 aromatic heterocycles. The molecule has 1 aromatic carbocycles.